The van der Waals surface area contributed by atoms with E-state index in [1.807, 2.05) is 25.3 Å². The third kappa shape index (κ3) is 2.94. The summed E-state index contributed by atoms with van der Waals surface area (Å²) in [6, 6.07) is 4.01. The predicted molar refractivity (Wildman–Crippen MR) is 105 cm³/mol. The second-order valence-corrected chi connectivity index (χ2v) is 8.42. The van der Waals surface area contributed by atoms with Gasteiger partial charge in [-0.2, -0.15) is 11.8 Å². The van der Waals surface area contributed by atoms with Crippen LogP contribution >= 0.6 is 11.8 Å². The Bertz CT molecular complexity index is 880. The monoisotopic (exact) mass is 369 g/mol. The molecule has 2 aromatic heterocycles. The summed E-state index contributed by atoms with van der Waals surface area (Å²) in [5.41, 5.74) is 3.53. The predicted octanol–water partition coefficient (Wildman–Crippen LogP) is 3.75. The number of anilines is 3. The number of amides is 1. The van der Waals surface area contributed by atoms with Crippen LogP contribution in [0, 0.1) is 6.92 Å². The van der Waals surface area contributed by atoms with E-state index in [0.717, 1.165) is 29.6 Å². The van der Waals surface area contributed by atoms with Crippen molar-refractivity contribution in [3.63, 3.8) is 0 Å². The van der Waals surface area contributed by atoms with Crippen LogP contribution < -0.4 is 10.2 Å². The highest BCUT2D eigenvalue weighted by atomic mass is 32.2. The standard InChI is InChI=1S/C19H23N5OS/c1-11-7-17(23-18(21-11)12(2)26-4)24-10-19(5-6-19)14-9-20-16(8-15(14)24)22-13(3)25/h7-9,12H,5-6,10H2,1-4H3,(H,20,22,25). The molecule has 6 nitrogen and oxygen atoms in total. The van der Waals surface area contributed by atoms with Crippen LogP contribution in [0.1, 0.15) is 49.0 Å². The third-order valence-corrected chi connectivity index (χ3v) is 6.13. The fourth-order valence-electron chi connectivity index (χ4n) is 3.58. The quantitative estimate of drug-likeness (QED) is 0.885. The van der Waals surface area contributed by atoms with Crippen molar-refractivity contribution in [2.45, 2.75) is 44.3 Å². The smallest absolute Gasteiger partial charge is 0.222 e. The molecule has 2 aromatic rings. The average Bonchev–Trinajstić information content (AvgIpc) is 3.30. The summed E-state index contributed by atoms with van der Waals surface area (Å²) in [5, 5.41) is 3.04. The second-order valence-electron chi connectivity index (χ2n) is 7.24. The Balaban J connectivity index is 1.78. The van der Waals surface area contributed by atoms with Crippen LogP contribution in [-0.4, -0.2) is 33.7 Å². The maximum absolute atomic E-state index is 11.4. The number of fused-ring (bicyclic) bond motifs is 2. The van der Waals surface area contributed by atoms with Crippen molar-refractivity contribution in [1.82, 2.24) is 15.0 Å². The summed E-state index contributed by atoms with van der Waals surface area (Å²) < 4.78 is 0. The number of aromatic nitrogens is 3. The minimum atomic E-state index is -0.114. The second kappa shape index (κ2) is 6.23. The summed E-state index contributed by atoms with van der Waals surface area (Å²) in [7, 11) is 0. The summed E-state index contributed by atoms with van der Waals surface area (Å²) in [6.07, 6.45) is 6.35. The highest BCUT2D eigenvalue weighted by molar-refractivity contribution is 7.98. The average molecular weight is 369 g/mol. The van der Waals surface area contributed by atoms with Gasteiger partial charge in [0.25, 0.3) is 0 Å². The molecule has 1 saturated carbocycles. The number of pyridine rings is 1. The summed E-state index contributed by atoms with van der Waals surface area (Å²) >= 11 is 1.74. The summed E-state index contributed by atoms with van der Waals surface area (Å²) in [5.74, 6) is 2.26. The molecule has 0 bridgehead atoms. The number of hydrogen-bond donors (Lipinski definition) is 1. The summed E-state index contributed by atoms with van der Waals surface area (Å²) in [6.45, 7) is 6.55. The SMILES string of the molecule is CSC(C)c1nc(C)cc(N2CC3(CC3)c3cnc(NC(C)=O)cc32)n1. The molecule has 1 amide bonds. The molecule has 4 rings (SSSR count). The number of nitrogens with zero attached hydrogens (tertiary/aromatic N) is 4. The maximum atomic E-state index is 11.4. The Hall–Kier alpha value is -2.15. The van der Waals surface area contributed by atoms with Gasteiger partial charge in [0.15, 0.2) is 0 Å². The molecule has 1 aliphatic carbocycles. The Labute approximate surface area is 157 Å². The first-order chi connectivity index (χ1) is 12.4. The lowest BCUT2D eigenvalue weighted by Crippen LogP contribution is -2.21. The van der Waals surface area contributed by atoms with Gasteiger partial charge in [0.2, 0.25) is 5.91 Å². The number of hydrogen-bond acceptors (Lipinski definition) is 6. The molecule has 1 N–H and O–H groups in total. The van der Waals surface area contributed by atoms with Crippen LogP contribution in [0.3, 0.4) is 0 Å². The van der Waals surface area contributed by atoms with E-state index in [1.165, 1.54) is 25.3 Å². The van der Waals surface area contributed by atoms with Crippen molar-refractivity contribution in [3.05, 3.63) is 35.4 Å². The van der Waals surface area contributed by atoms with Crippen LogP contribution in [0.4, 0.5) is 17.3 Å². The topological polar surface area (TPSA) is 71.0 Å². The van der Waals surface area contributed by atoms with Gasteiger partial charge in [0, 0.05) is 48.5 Å². The molecule has 1 fully saturated rings. The fourth-order valence-corrected chi connectivity index (χ4v) is 3.90. The molecule has 7 heteroatoms. The largest absolute Gasteiger partial charge is 0.325 e. The van der Waals surface area contributed by atoms with Gasteiger partial charge in [-0.3, -0.25) is 4.79 Å². The molecule has 0 radical (unpaired) electrons. The zero-order chi connectivity index (χ0) is 18.5. The van der Waals surface area contributed by atoms with Gasteiger partial charge in [-0.1, -0.05) is 0 Å². The van der Waals surface area contributed by atoms with Crippen molar-refractivity contribution in [2.75, 3.05) is 23.0 Å². The third-order valence-electron chi connectivity index (χ3n) is 5.21. The molecule has 0 aromatic carbocycles. The van der Waals surface area contributed by atoms with Gasteiger partial charge < -0.3 is 10.2 Å². The van der Waals surface area contributed by atoms with Gasteiger partial charge in [-0.25, -0.2) is 15.0 Å². The van der Waals surface area contributed by atoms with Crippen LogP contribution in [0.5, 0.6) is 0 Å². The molecule has 26 heavy (non-hydrogen) atoms. The molecular weight excluding hydrogens is 346 g/mol. The number of rotatable bonds is 4. The van der Waals surface area contributed by atoms with E-state index in [-0.39, 0.29) is 16.6 Å². The highest BCUT2D eigenvalue weighted by Gasteiger charge is 2.52. The zero-order valence-corrected chi connectivity index (χ0v) is 16.4. The van der Waals surface area contributed by atoms with Crippen molar-refractivity contribution in [2.24, 2.45) is 0 Å². The Morgan fingerprint density at radius 2 is 2.12 bits per heavy atom. The zero-order valence-electron chi connectivity index (χ0n) is 15.5. The normalized spacial score (nSPS) is 17.9. The van der Waals surface area contributed by atoms with Gasteiger partial charge in [0.1, 0.15) is 17.5 Å². The number of nitrogens with one attached hydrogen (secondary N) is 1. The van der Waals surface area contributed by atoms with E-state index < -0.39 is 0 Å². The van der Waals surface area contributed by atoms with E-state index >= 15 is 0 Å². The number of aryl methyl sites for hydroxylation is 1. The van der Waals surface area contributed by atoms with Crippen molar-refractivity contribution in [3.8, 4) is 0 Å². The number of carbonyl (C=O) groups excluding carboxylic acids is 1. The van der Waals surface area contributed by atoms with E-state index in [1.54, 1.807) is 11.8 Å². The van der Waals surface area contributed by atoms with Crippen LogP contribution in [-0.2, 0) is 10.2 Å². The van der Waals surface area contributed by atoms with Crippen molar-refractivity contribution >= 4 is 35.0 Å². The Morgan fingerprint density at radius 3 is 2.77 bits per heavy atom. The fraction of sp³-hybridized carbons (Fsp3) is 0.474. The minimum absolute atomic E-state index is 0.114. The van der Waals surface area contributed by atoms with E-state index in [4.69, 9.17) is 4.98 Å². The summed E-state index contributed by atoms with van der Waals surface area (Å²) in [4.78, 5) is 27.6. The molecule has 3 heterocycles. The van der Waals surface area contributed by atoms with E-state index in [9.17, 15) is 4.79 Å². The number of thioether (sulfide) groups is 1. The molecule has 1 spiro atoms. The van der Waals surface area contributed by atoms with Gasteiger partial charge >= 0.3 is 0 Å². The first-order valence-electron chi connectivity index (χ1n) is 8.86. The lowest BCUT2D eigenvalue weighted by molar-refractivity contribution is -0.114. The lowest BCUT2D eigenvalue weighted by atomic mass is 10.0. The first kappa shape index (κ1) is 17.3. The van der Waals surface area contributed by atoms with Gasteiger partial charge in [-0.15, -0.1) is 0 Å². The van der Waals surface area contributed by atoms with Crippen LogP contribution in [0.25, 0.3) is 0 Å². The maximum Gasteiger partial charge on any atom is 0.222 e. The van der Waals surface area contributed by atoms with Gasteiger partial charge in [-0.05, 0) is 32.9 Å². The van der Waals surface area contributed by atoms with E-state index in [0.29, 0.717) is 5.82 Å². The Kier molecular flexibility index (Phi) is 4.14. The van der Waals surface area contributed by atoms with Crippen molar-refractivity contribution in [1.29, 1.82) is 0 Å². The first-order valence-corrected chi connectivity index (χ1v) is 10.1. The van der Waals surface area contributed by atoms with E-state index in [2.05, 4.69) is 33.4 Å². The molecule has 2 aliphatic rings. The van der Waals surface area contributed by atoms with Crippen LogP contribution in [0.15, 0.2) is 18.3 Å². The molecule has 0 saturated heterocycles. The Morgan fingerprint density at radius 1 is 1.35 bits per heavy atom. The molecule has 1 unspecified atom stereocenters. The lowest BCUT2D eigenvalue weighted by Gasteiger charge is -2.21. The van der Waals surface area contributed by atoms with Crippen molar-refractivity contribution < 1.29 is 4.79 Å². The number of carbonyl (C=O) groups is 1. The van der Waals surface area contributed by atoms with Crippen LogP contribution in [0.2, 0.25) is 0 Å². The minimum Gasteiger partial charge on any atom is -0.325 e. The molecule has 136 valence electrons. The molecule has 1 atom stereocenters. The molecule has 1 aliphatic heterocycles. The highest BCUT2D eigenvalue weighted by Crippen LogP contribution is 2.58. The van der Waals surface area contributed by atoms with Gasteiger partial charge in [0.05, 0.1) is 10.9 Å². The molecular formula is C19H23N5OS.